The Morgan fingerprint density at radius 2 is 1.72 bits per heavy atom. The van der Waals surface area contributed by atoms with Gasteiger partial charge in [0.05, 0.1) is 11.3 Å². The molecular formula is C21H42N4O3S. The van der Waals surface area contributed by atoms with Gasteiger partial charge in [-0.2, -0.15) is 0 Å². The first-order valence-electron chi connectivity index (χ1n) is 11.3. The maximum Gasteiger partial charge on any atom is 0.191 e. The molecule has 0 aliphatic carbocycles. The topological polar surface area (TPSA) is 83.0 Å². The third-order valence-corrected chi connectivity index (χ3v) is 8.53. The van der Waals surface area contributed by atoms with E-state index >= 15 is 0 Å². The number of aliphatic imine (C=N–C) groups is 1. The summed E-state index contributed by atoms with van der Waals surface area (Å²) in [5.74, 6) is 1.25. The van der Waals surface area contributed by atoms with Gasteiger partial charge in [-0.05, 0) is 51.6 Å². The zero-order chi connectivity index (χ0) is 21.3. The molecule has 0 aromatic heterocycles. The predicted octanol–water partition coefficient (Wildman–Crippen LogP) is 2.04. The van der Waals surface area contributed by atoms with Crippen LogP contribution in [-0.4, -0.2) is 82.3 Å². The lowest BCUT2D eigenvalue weighted by Crippen LogP contribution is -2.51. The van der Waals surface area contributed by atoms with Crippen molar-refractivity contribution in [1.82, 2.24) is 15.5 Å². The fraction of sp³-hybridized carbons (Fsp3) is 0.952. The molecule has 0 aromatic carbocycles. The van der Waals surface area contributed by atoms with E-state index in [1.165, 1.54) is 31.9 Å². The summed E-state index contributed by atoms with van der Waals surface area (Å²) < 4.78 is 29.6. The SMILES string of the molecule is CCNC(=NCC1(S(C)(=O)=O)CCOCC1)NCC(C(C)C)N1CCCCCC1. The molecule has 170 valence electrons. The van der Waals surface area contributed by atoms with Crippen molar-refractivity contribution in [1.29, 1.82) is 0 Å². The second kappa shape index (κ2) is 11.5. The lowest BCUT2D eigenvalue weighted by atomic mass is 9.99. The molecule has 1 atom stereocenters. The maximum absolute atomic E-state index is 12.5. The summed E-state index contributed by atoms with van der Waals surface area (Å²) in [6.07, 6.45) is 7.56. The van der Waals surface area contributed by atoms with Gasteiger partial charge in [-0.1, -0.05) is 26.7 Å². The molecule has 7 nitrogen and oxygen atoms in total. The fourth-order valence-electron chi connectivity index (χ4n) is 4.37. The minimum atomic E-state index is -3.21. The molecule has 2 aliphatic heterocycles. The molecule has 0 spiro atoms. The highest BCUT2D eigenvalue weighted by atomic mass is 32.2. The van der Waals surface area contributed by atoms with E-state index in [1.54, 1.807) is 0 Å². The smallest absolute Gasteiger partial charge is 0.191 e. The standard InChI is InChI=1S/C21H42N4O3S/c1-5-22-20(24-17-21(29(4,26)27)10-14-28-15-11-21)23-16-19(18(2)3)25-12-8-6-7-9-13-25/h18-19H,5-17H2,1-4H3,(H2,22,23,24). The van der Waals surface area contributed by atoms with E-state index in [-0.39, 0.29) is 6.54 Å². The Bertz CT molecular complexity index is 607. The van der Waals surface area contributed by atoms with Gasteiger partial charge in [0.1, 0.15) is 0 Å². The van der Waals surface area contributed by atoms with Gasteiger partial charge in [-0.25, -0.2) is 8.42 Å². The Hall–Kier alpha value is -0.860. The molecule has 0 aromatic rings. The summed E-state index contributed by atoms with van der Waals surface area (Å²) in [6.45, 7) is 11.7. The van der Waals surface area contributed by atoms with Crippen molar-refractivity contribution in [2.75, 3.05) is 52.2 Å². The normalized spacial score (nSPS) is 22.9. The van der Waals surface area contributed by atoms with Crippen LogP contribution >= 0.6 is 0 Å². The molecule has 2 heterocycles. The Labute approximate surface area is 178 Å². The van der Waals surface area contributed by atoms with Crippen molar-refractivity contribution < 1.29 is 13.2 Å². The molecule has 2 fully saturated rings. The van der Waals surface area contributed by atoms with Gasteiger partial charge in [0.15, 0.2) is 15.8 Å². The highest BCUT2D eigenvalue weighted by Gasteiger charge is 2.42. The number of hydrogen-bond acceptors (Lipinski definition) is 5. The largest absolute Gasteiger partial charge is 0.381 e. The van der Waals surface area contributed by atoms with Crippen LogP contribution in [0.2, 0.25) is 0 Å². The van der Waals surface area contributed by atoms with Crippen LogP contribution in [0.1, 0.15) is 59.3 Å². The van der Waals surface area contributed by atoms with Crippen LogP contribution < -0.4 is 10.6 Å². The van der Waals surface area contributed by atoms with Crippen molar-refractivity contribution in [2.24, 2.45) is 10.9 Å². The Morgan fingerprint density at radius 3 is 2.24 bits per heavy atom. The molecule has 29 heavy (non-hydrogen) atoms. The van der Waals surface area contributed by atoms with E-state index in [1.807, 2.05) is 6.92 Å². The van der Waals surface area contributed by atoms with E-state index in [2.05, 4.69) is 29.4 Å². The molecule has 1 unspecified atom stereocenters. The van der Waals surface area contributed by atoms with Gasteiger partial charge in [-0.15, -0.1) is 0 Å². The molecule has 0 bridgehead atoms. The van der Waals surface area contributed by atoms with Gasteiger partial charge >= 0.3 is 0 Å². The summed E-state index contributed by atoms with van der Waals surface area (Å²) in [4.78, 5) is 7.33. The summed E-state index contributed by atoms with van der Waals surface area (Å²) in [6, 6.07) is 0.448. The van der Waals surface area contributed by atoms with Gasteiger partial charge in [0.25, 0.3) is 0 Å². The second-order valence-corrected chi connectivity index (χ2v) is 11.3. The monoisotopic (exact) mass is 430 g/mol. The van der Waals surface area contributed by atoms with Crippen LogP contribution in [0.15, 0.2) is 4.99 Å². The van der Waals surface area contributed by atoms with Crippen LogP contribution in [0.5, 0.6) is 0 Å². The van der Waals surface area contributed by atoms with Crippen LogP contribution in [0, 0.1) is 5.92 Å². The lowest BCUT2D eigenvalue weighted by Gasteiger charge is -2.35. The zero-order valence-corrected chi connectivity index (χ0v) is 19.7. The Kier molecular flexibility index (Phi) is 9.69. The molecule has 0 radical (unpaired) electrons. The number of hydrogen-bond donors (Lipinski definition) is 2. The first-order valence-corrected chi connectivity index (χ1v) is 13.2. The van der Waals surface area contributed by atoms with Crippen LogP contribution in [-0.2, 0) is 14.6 Å². The van der Waals surface area contributed by atoms with Gasteiger partial charge in [0.2, 0.25) is 0 Å². The summed E-state index contributed by atoms with van der Waals surface area (Å²) >= 11 is 0. The third kappa shape index (κ3) is 7.10. The van der Waals surface area contributed by atoms with Crippen molar-refractivity contribution >= 4 is 15.8 Å². The number of ether oxygens (including phenoxy) is 1. The van der Waals surface area contributed by atoms with Gasteiger partial charge in [-0.3, -0.25) is 9.89 Å². The first kappa shape index (κ1) is 24.4. The fourth-order valence-corrected chi connectivity index (χ4v) is 5.58. The Balaban J connectivity index is 2.06. The Morgan fingerprint density at radius 1 is 1.10 bits per heavy atom. The quantitative estimate of drug-likeness (QED) is 0.453. The number of nitrogens with one attached hydrogen (secondary N) is 2. The maximum atomic E-state index is 12.5. The van der Waals surface area contributed by atoms with Crippen molar-refractivity contribution in [3.63, 3.8) is 0 Å². The van der Waals surface area contributed by atoms with Crippen LogP contribution in [0.4, 0.5) is 0 Å². The summed E-state index contributed by atoms with van der Waals surface area (Å²) in [5.41, 5.74) is 0. The van der Waals surface area contributed by atoms with E-state index < -0.39 is 14.6 Å². The van der Waals surface area contributed by atoms with Gasteiger partial charge < -0.3 is 15.4 Å². The van der Waals surface area contributed by atoms with Crippen molar-refractivity contribution in [3.05, 3.63) is 0 Å². The number of sulfone groups is 1. The third-order valence-electron chi connectivity index (χ3n) is 6.42. The number of rotatable bonds is 8. The number of guanidine groups is 1. The second-order valence-electron chi connectivity index (χ2n) is 8.91. The molecule has 2 N–H and O–H groups in total. The van der Waals surface area contributed by atoms with E-state index in [0.717, 1.165) is 26.2 Å². The molecule has 2 saturated heterocycles. The van der Waals surface area contributed by atoms with Crippen LogP contribution in [0.3, 0.4) is 0 Å². The highest BCUT2D eigenvalue weighted by molar-refractivity contribution is 7.92. The molecule has 0 saturated carbocycles. The number of nitrogens with zero attached hydrogens (tertiary/aromatic N) is 2. The molecule has 2 rings (SSSR count). The minimum absolute atomic E-state index is 0.278. The van der Waals surface area contributed by atoms with Crippen molar-refractivity contribution in [3.8, 4) is 0 Å². The van der Waals surface area contributed by atoms with E-state index in [0.29, 0.717) is 44.0 Å². The average Bonchev–Trinajstić information content (AvgIpc) is 2.95. The average molecular weight is 431 g/mol. The molecular weight excluding hydrogens is 388 g/mol. The van der Waals surface area contributed by atoms with Gasteiger partial charge in [0, 0.05) is 38.6 Å². The van der Waals surface area contributed by atoms with E-state index in [4.69, 9.17) is 9.73 Å². The van der Waals surface area contributed by atoms with Crippen LogP contribution in [0.25, 0.3) is 0 Å². The summed E-state index contributed by atoms with van der Waals surface area (Å²) in [5, 5.41) is 6.79. The highest BCUT2D eigenvalue weighted by Crippen LogP contribution is 2.29. The zero-order valence-electron chi connectivity index (χ0n) is 18.9. The lowest BCUT2D eigenvalue weighted by molar-refractivity contribution is 0.0768. The van der Waals surface area contributed by atoms with E-state index in [9.17, 15) is 8.42 Å². The molecule has 2 aliphatic rings. The van der Waals surface area contributed by atoms with Crippen molar-refractivity contribution in [2.45, 2.75) is 70.1 Å². The molecule has 0 amide bonds. The minimum Gasteiger partial charge on any atom is -0.381 e. The molecule has 8 heteroatoms. The predicted molar refractivity (Wildman–Crippen MR) is 120 cm³/mol. The first-order chi connectivity index (χ1) is 13.8. The summed E-state index contributed by atoms with van der Waals surface area (Å²) in [7, 11) is -3.21. The number of likely N-dealkylation sites (tertiary alicyclic amines) is 1.